The fourth-order valence-electron chi connectivity index (χ4n) is 0.282. The Morgan fingerprint density at radius 3 is 2.71 bits per heavy atom. The summed E-state index contributed by atoms with van der Waals surface area (Å²) in [4.78, 5) is 3.60. The van der Waals surface area contributed by atoms with Crippen LogP contribution in [0.3, 0.4) is 0 Å². The molecule has 0 atom stereocenters. The van der Waals surface area contributed by atoms with Crippen molar-refractivity contribution in [2.24, 2.45) is 0 Å². The molecule has 1 aromatic rings. The van der Waals surface area contributed by atoms with Crippen LogP contribution in [0.4, 0.5) is 0 Å². The standard InChI is InChI=1S/C4H3ClNO/c1-3-2-7-4(5)6-3/h2H,1H2. The van der Waals surface area contributed by atoms with Gasteiger partial charge < -0.3 is 4.42 Å². The molecule has 1 rings (SSSR count). The highest BCUT2D eigenvalue weighted by Gasteiger charge is 1.90. The average Bonchev–Trinajstić information content (AvgIpc) is 1.87. The van der Waals surface area contributed by atoms with Crippen LogP contribution in [0.5, 0.6) is 0 Å². The third kappa shape index (κ3) is 0.933. The zero-order chi connectivity index (χ0) is 5.28. The van der Waals surface area contributed by atoms with Crippen molar-refractivity contribution >= 4 is 11.6 Å². The number of rotatable bonds is 0. The minimum absolute atomic E-state index is 0.144. The topological polar surface area (TPSA) is 26.0 Å². The van der Waals surface area contributed by atoms with Crippen LogP contribution < -0.4 is 0 Å². The molecular formula is C4H3ClNO. The second-order valence-corrected chi connectivity index (χ2v) is 1.42. The van der Waals surface area contributed by atoms with Crippen LogP contribution in [-0.4, -0.2) is 4.98 Å². The van der Waals surface area contributed by atoms with Gasteiger partial charge in [-0.05, 0) is 18.5 Å². The molecule has 0 aliphatic carbocycles. The summed E-state index contributed by atoms with van der Waals surface area (Å²) in [5.41, 5.74) is 0.560. The van der Waals surface area contributed by atoms with Gasteiger partial charge >= 0.3 is 0 Å². The molecule has 0 fully saturated rings. The Hall–Kier alpha value is -0.500. The first-order valence-corrected chi connectivity index (χ1v) is 2.10. The molecule has 0 bridgehead atoms. The van der Waals surface area contributed by atoms with E-state index in [2.05, 4.69) is 16.3 Å². The molecule has 37 valence electrons. The second kappa shape index (κ2) is 1.54. The zero-order valence-electron chi connectivity index (χ0n) is 3.52. The molecule has 0 aliphatic heterocycles. The van der Waals surface area contributed by atoms with Crippen molar-refractivity contribution in [1.82, 2.24) is 4.98 Å². The quantitative estimate of drug-likeness (QED) is 0.514. The Morgan fingerprint density at radius 2 is 2.57 bits per heavy atom. The van der Waals surface area contributed by atoms with E-state index in [1.807, 2.05) is 0 Å². The lowest BCUT2D eigenvalue weighted by Gasteiger charge is -1.65. The van der Waals surface area contributed by atoms with Crippen LogP contribution in [0, 0.1) is 6.92 Å². The third-order valence-corrected chi connectivity index (χ3v) is 0.697. The van der Waals surface area contributed by atoms with Crippen LogP contribution in [0.15, 0.2) is 10.7 Å². The maximum atomic E-state index is 5.24. The first-order valence-electron chi connectivity index (χ1n) is 1.72. The van der Waals surface area contributed by atoms with Gasteiger partial charge in [-0.3, -0.25) is 0 Å². The summed E-state index contributed by atoms with van der Waals surface area (Å²) >= 11 is 5.24. The highest BCUT2D eigenvalue weighted by Crippen LogP contribution is 2.04. The number of oxazole rings is 1. The number of hydrogen-bond donors (Lipinski definition) is 0. The largest absolute Gasteiger partial charge is 0.436 e. The first kappa shape index (κ1) is 4.65. The van der Waals surface area contributed by atoms with Crippen molar-refractivity contribution in [3.05, 3.63) is 24.2 Å². The summed E-state index contributed by atoms with van der Waals surface area (Å²) in [6.45, 7) is 3.45. The summed E-state index contributed by atoms with van der Waals surface area (Å²) in [7, 11) is 0. The molecular weight excluding hydrogens is 114 g/mol. The van der Waals surface area contributed by atoms with Gasteiger partial charge in [0, 0.05) is 0 Å². The molecule has 0 aliphatic rings. The van der Waals surface area contributed by atoms with E-state index >= 15 is 0 Å². The van der Waals surface area contributed by atoms with Crippen LogP contribution in [0.25, 0.3) is 0 Å². The summed E-state index contributed by atoms with van der Waals surface area (Å²) in [6, 6.07) is 0. The fourth-order valence-corrected chi connectivity index (χ4v) is 0.435. The maximum Gasteiger partial charge on any atom is 0.292 e. The predicted octanol–water partition coefficient (Wildman–Crippen LogP) is 1.51. The number of hydrogen-bond acceptors (Lipinski definition) is 2. The Bertz CT molecular complexity index is 144. The molecule has 0 saturated carbocycles. The lowest BCUT2D eigenvalue weighted by molar-refractivity contribution is 0.559. The van der Waals surface area contributed by atoms with Gasteiger partial charge in [0.05, 0.1) is 5.69 Å². The molecule has 0 unspecified atom stereocenters. The molecule has 0 spiro atoms. The van der Waals surface area contributed by atoms with Crippen molar-refractivity contribution in [2.45, 2.75) is 0 Å². The lowest BCUT2D eigenvalue weighted by atomic mass is 10.6. The lowest BCUT2D eigenvalue weighted by Crippen LogP contribution is -1.63. The van der Waals surface area contributed by atoms with Gasteiger partial charge in [-0.25, -0.2) is 4.98 Å². The third-order valence-electron chi connectivity index (χ3n) is 0.524. The van der Waals surface area contributed by atoms with E-state index in [1.54, 1.807) is 0 Å². The monoisotopic (exact) mass is 116 g/mol. The van der Waals surface area contributed by atoms with Crippen molar-refractivity contribution in [3.8, 4) is 0 Å². The second-order valence-electron chi connectivity index (χ2n) is 1.09. The zero-order valence-corrected chi connectivity index (χ0v) is 4.27. The maximum absolute atomic E-state index is 5.24. The minimum atomic E-state index is 0.144. The molecule has 7 heavy (non-hydrogen) atoms. The Labute approximate surface area is 46.1 Å². The van der Waals surface area contributed by atoms with E-state index in [9.17, 15) is 0 Å². The molecule has 1 heterocycles. The molecule has 0 N–H and O–H groups in total. The molecule has 1 aromatic heterocycles. The average molecular weight is 117 g/mol. The van der Waals surface area contributed by atoms with Crippen molar-refractivity contribution in [2.75, 3.05) is 0 Å². The van der Waals surface area contributed by atoms with Crippen LogP contribution in [0.2, 0.25) is 5.35 Å². The van der Waals surface area contributed by atoms with Gasteiger partial charge in [0.15, 0.2) is 0 Å². The van der Waals surface area contributed by atoms with E-state index in [0.29, 0.717) is 5.69 Å². The highest BCUT2D eigenvalue weighted by atomic mass is 35.5. The van der Waals surface area contributed by atoms with Crippen LogP contribution >= 0.6 is 11.6 Å². The number of nitrogens with zero attached hydrogens (tertiary/aromatic N) is 1. The highest BCUT2D eigenvalue weighted by molar-refractivity contribution is 6.27. The molecule has 3 heteroatoms. The molecule has 0 aromatic carbocycles. The van der Waals surface area contributed by atoms with Crippen LogP contribution in [0.1, 0.15) is 5.69 Å². The number of halogens is 1. The van der Waals surface area contributed by atoms with Gasteiger partial charge in [-0.1, -0.05) is 0 Å². The fraction of sp³-hybridized carbons (Fsp3) is 0. The van der Waals surface area contributed by atoms with Crippen molar-refractivity contribution < 1.29 is 4.42 Å². The molecule has 0 amide bonds. The van der Waals surface area contributed by atoms with Crippen molar-refractivity contribution in [3.63, 3.8) is 0 Å². The summed E-state index contributed by atoms with van der Waals surface area (Å²) < 4.78 is 4.56. The minimum Gasteiger partial charge on any atom is -0.436 e. The van der Waals surface area contributed by atoms with Gasteiger partial charge in [0.25, 0.3) is 5.35 Å². The molecule has 1 radical (unpaired) electrons. The van der Waals surface area contributed by atoms with E-state index < -0.39 is 0 Å². The van der Waals surface area contributed by atoms with Crippen molar-refractivity contribution in [1.29, 1.82) is 0 Å². The predicted molar refractivity (Wildman–Crippen MR) is 26.0 cm³/mol. The summed E-state index contributed by atoms with van der Waals surface area (Å²) in [6.07, 6.45) is 1.39. The Morgan fingerprint density at radius 1 is 1.86 bits per heavy atom. The summed E-state index contributed by atoms with van der Waals surface area (Å²) in [5, 5.41) is 0.144. The SMILES string of the molecule is [CH2]c1coc(Cl)n1. The van der Waals surface area contributed by atoms with Gasteiger partial charge in [0.2, 0.25) is 0 Å². The first-order chi connectivity index (χ1) is 3.29. The normalized spacial score (nSPS) is 9.43. The van der Waals surface area contributed by atoms with Gasteiger partial charge in [0.1, 0.15) is 6.26 Å². The van der Waals surface area contributed by atoms with Crippen LogP contribution in [-0.2, 0) is 0 Å². The molecule has 0 saturated heterocycles. The smallest absolute Gasteiger partial charge is 0.292 e. The van der Waals surface area contributed by atoms with Gasteiger partial charge in [-0.2, -0.15) is 0 Å². The van der Waals surface area contributed by atoms with E-state index in [0.717, 1.165) is 0 Å². The van der Waals surface area contributed by atoms with E-state index in [4.69, 9.17) is 11.6 Å². The van der Waals surface area contributed by atoms with E-state index in [1.165, 1.54) is 6.26 Å². The number of aromatic nitrogens is 1. The summed E-state index contributed by atoms with van der Waals surface area (Å²) in [5.74, 6) is 0. The molecule has 2 nitrogen and oxygen atoms in total. The Balaban J connectivity index is 3.04. The Kier molecular flexibility index (Phi) is 1.02. The van der Waals surface area contributed by atoms with E-state index in [-0.39, 0.29) is 5.35 Å². The van der Waals surface area contributed by atoms with Gasteiger partial charge in [-0.15, -0.1) is 0 Å².